The molecule has 7 nitrogen and oxygen atoms in total. The van der Waals surface area contributed by atoms with E-state index in [-0.39, 0.29) is 5.91 Å². The van der Waals surface area contributed by atoms with Crippen molar-refractivity contribution in [3.63, 3.8) is 0 Å². The number of amides is 1. The Morgan fingerprint density at radius 1 is 1.61 bits per heavy atom. The molecule has 18 heavy (non-hydrogen) atoms. The molecular weight excluding hydrogens is 234 g/mol. The first-order chi connectivity index (χ1) is 8.69. The van der Waals surface area contributed by atoms with Crippen LogP contribution in [-0.4, -0.2) is 27.2 Å². The molecule has 0 aromatic carbocycles. The van der Waals surface area contributed by atoms with Crippen molar-refractivity contribution < 1.29 is 9.32 Å². The minimum Gasteiger partial charge on any atom is -0.359 e. The third-order valence-corrected chi connectivity index (χ3v) is 2.35. The summed E-state index contributed by atoms with van der Waals surface area (Å²) < 4.78 is 6.76. The van der Waals surface area contributed by atoms with E-state index in [1.54, 1.807) is 23.2 Å². The molecule has 0 radical (unpaired) electrons. The van der Waals surface area contributed by atoms with Crippen molar-refractivity contribution in [3.05, 3.63) is 35.7 Å². The lowest BCUT2D eigenvalue weighted by Gasteiger charge is -1.99. The molecule has 0 saturated carbocycles. The Morgan fingerprint density at radius 3 is 3.11 bits per heavy atom. The number of nitrogens with one attached hydrogen (secondary N) is 1. The van der Waals surface area contributed by atoms with Gasteiger partial charge in [-0.15, -0.1) is 0 Å². The molecule has 0 aliphatic heterocycles. The van der Waals surface area contributed by atoms with Gasteiger partial charge in [-0.25, -0.2) is 4.98 Å². The summed E-state index contributed by atoms with van der Waals surface area (Å²) in [7, 11) is 0. The molecule has 2 heterocycles. The molecule has 2 aromatic heterocycles. The molecule has 96 valence electrons. The van der Waals surface area contributed by atoms with Gasteiger partial charge in [-0.3, -0.25) is 4.79 Å². The smallest absolute Gasteiger partial charge is 0.271 e. The van der Waals surface area contributed by atoms with Crippen LogP contribution in [0.5, 0.6) is 0 Å². The average molecular weight is 249 g/mol. The van der Waals surface area contributed by atoms with Gasteiger partial charge in [-0.1, -0.05) is 5.16 Å². The summed E-state index contributed by atoms with van der Waals surface area (Å²) in [6.45, 7) is 3.27. The number of hydrogen-bond donors (Lipinski definition) is 2. The van der Waals surface area contributed by atoms with Crippen LogP contribution in [0.1, 0.15) is 21.9 Å². The van der Waals surface area contributed by atoms with E-state index in [1.807, 2.05) is 6.92 Å². The third kappa shape index (κ3) is 2.95. The number of nitrogens with two attached hydrogens (primary N) is 1. The van der Waals surface area contributed by atoms with E-state index >= 15 is 0 Å². The Labute approximate surface area is 104 Å². The van der Waals surface area contributed by atoms with E-state index < -0.39 is 0 Å². The van der Waals surface area contributed by atoms with Crippen molar-refractivity contribution in [2.24, 2.45) is 5.73 Å². The summed E-state index contributed by atoms with van der Waals surface area (Å²) in [5.74, 6) is 0.363. The van der Waals surface area contributed by atoms with Crippen molar-refractivity contribution in [2.45, 2.75) is 20.0 Å². The van der Waals surface area contributed by atoms with Crippen LogP contribution >= 0.6 is 0 Å². The largest absolute Gasteiger partial charge is 0.359 e. The van der Waals surface area contributed by atoms with Gasteiger partial charge in [0.25, 0.3) is 5.91 Å². The molecule has 0 aliphatic carbocycles. The summed E-state index contributed by atoms with van der Waals surface area (Å²) in [4.78, 5) is 15.8. The summed E-state index contributed by atoms with van der Waals surface area (Å²) in [5.41, 5.74) is 6.56. The zero-order valence-electron chi connectivity index (χ0n) is 10.1. The highest BCUT2D eigenvalue weighted by atomic mass is 16.5. The molecule has 0 saturated heterocycles. The van der Waals surface area contributed by atoms with E-state index in [2.05, 4.69) is 15.5 Å². The SMILES string of the molecule is Cc1cc(CNC(=O)c2cn(CCN)cn2)on1. The molecule has 0 atom stereocenters. The highest BCUT2D eigenvalue weighted by molar-refractivity contribution is 5.91. The van der Waals surface area contributed by atoms with E-state index in [0.29, 0.717) is 31.1 Å². The lowest BCUT2D eigenvalue weighted by Crippen LogP contribution is -2.22. The van der Waals surface area contributed by atoms with Crippen LogP contribution in [0.25, 0.3) is 0 Å². The van der Waals surface area contributed by atoms with Gasteiger partial charge < -0.3 is 20.1 Å². The van der Waals surface area contributed by atoms with E-state index in [4.69, 9.17) is 10.3 Å². The zero-order valence-corrected chi connectivity index (χ0v) is 10.1. The molecule has 0 bridgehead atoms. The van der Waals surface area contributed by atoms with Crippen LogP contribution in [0.15, 0.2) is 23.1 Å². The number of nitrogens with zero attached hydrogens (tertiary/aromatic N) is 3. The summed E-state index contributed by atoms with van der Waals surface area (Å²) in [6.07, 6.45) is 3.24. The van der Waals surface area contributed by atoms with Crippen molar-refractivity contribution >= 4 is 5.91 Å². The van der Waals surface area contributed by atoms with Gasteiger partial charge in [-0.2, -0.15) is 0 Å². The molecule has 1 amide bonds. The van der Waals surface area contributed by atoms with Gasteiger partial charge in [-0.05, 0) is 6.92 Å². The van der Waals surface area contributed by atoms with Crippen molar-refractivity contribution in [3.8, 4) is 0 Å². The fourth-order valence-corrected chi connectivity index (χ4v) is 1.51. The van der Waals surface area contributed by atoms with Gasteiger partial charge >= 0.3 is 0 Å². The van der Waals surface area contributed by atoms with Gasteiger partial charge in [0.1, 0.15) is 5.69 Å². The minimum atomic E-state index is -0.250. The fraction of sp³-hybridized carbons (Fsp3) is 0.364. The Kier molecular flexibility index (Phi) is 3.73. The number of aryl methyl sites for hydroxylation is 1. The first-order valence-corrected chi connectivity index (χ1v) is 5.61. The monoisotopic (exact) mass is 249 g/mol. The second kappa shape index (κ2) is 5.46. The molecule has 0 aliphatic rings. The van der Waals surface area contributed by atoms with Crippen LogP contribution < -0.4 is 11.1 Å². The molecule has 0 fully saturated rings. The van der Waals surface area contributed by atoms with Gasteiger partial charge in [0.05, 0.1) is 18.6 Å². The highest BCUT2D eigenvalue weighted by Gasteiger charge is 2.10. The fourth-order valence-electron chi connectivity index (χ4n) is 1.51. The second-order valence-electron chi connectivity index (χ2n) is 3.90. The number of rotatable bonds is 5. The highest BCUT2D eigenvalue weighted by Crippen LogP contribution is 2.02. The maximum atomic E-state index is 11.8. The van der Waals surface area contributed by atoms with Crippen LogP contribution in [-0.2, 0) is 13.1 Å². The minimum absolute atomic E-state index is 0.250. The number of imidazole rings is 1. The Balaban J connectivity index is 1.90. The summed E-state index contributed by atoms with van der Waals surface area (Å²) in [6, 6.07) is 1.77. The van der Waals surface area contributed by atoms with Crippen molar-refractivity contribution in [1.82, 2.24) is 20.0 Å². The first kappa shape index (κ1) is 12.3. The number of aromatic nitrogens is 3. The Bertz CT molecular complexity index is 531. The van der Waals surface area contributed by atoms with Crippen molar-refractivity contribution in [2.75, 3.05) is 6.54 Å². The van der Waals surface area contributed by atoms with Crippen molar-refractivity contribution in [1.29, 1.82) is 0 Å². The molecular formula is C11H15N5O2. The van der Waals surface area contributed by atoms with E-state index in [1.165, 1.54) is 0 Å². The third-order valence-electron chi connectivity index (χ3n) is 2.35. The maximum absolute atomic E-state index is 11.8. The van der Waals surface area contributed by atoms with Crippen LogP contribution in [0.4, 0.5) is 0 Å². The predicted molar refractivity (Wildman–Crippen MR) is 63.7 cm³/mol. The molecule has 2 aromatic rings. The number of hydrogen-bond acceptors (Lipinski definition) is 5. The molecule has 7 heteroatoms. The van der Waals surface area contributed by atoms with Crippen LogP contribution in [0.3, 0.4) is 0 Å². The predicted octanol–water partition coefficient (Wildman–Crippen LogP) is 0.0682. The van der Waals surface area contributed by atoms with Gasteiger partial charge in [0.2, 0.25) is 0 Å². The average Bonchev–Trinajstić information content (AvgIpc) is 2.96. The van der Waals surface area contributed by atoms with E-state index in [9.17, 15) is 4.79 Å². The van der Waals surface area contributed by atoms with Gasteiger partial charge in [0, 0.05) is 25.4 Å². The normalized spacial score (nSPS) is 10.6. The van der Waals surface area contributed by atoms with Gasteiger partial charge in [0.15, 0.2) is 5.76 Å². The summed E-state index contributed by atoms with van der Waals surface area (Å²) >= 11 is 0. The maximum Gasteiger partial charge on any atom is 0.271 e. The Morgan fingerprint density at radius 2 is 2.44 bits per heavy atom. The zero-order chi connectivity index (χ0) is 13.0. The second-order valence-corrected chi connectivity index (χ2v) is 3.90. The molecule has 0 unspecified atom stereocenters. The number of carbonyl (C=O) groups excluding carboxylic acids is 1. The van der Waals surface area contributed by atoms with E-state index in [0.717, 1.165) is 5.69 Å². The topological polar surface area (TPSA) is 99.0 Å². The Hall–Kier alpha value is -2.15. The lowest BCUT2D eigenvalue weighted by molar-refractivity contribution is 0.0942. The standard InChI is InChI=1S/C11H15N5O2/c1-8-4-9(18-15-8)5-13-11(17)10-6-16(3-2-12)7-14-10/h4,6-7H,2-3,5,12H2,1H3,(H,13,17). The quantitative estimate of drug-likeness (QED) is 0.781. The number of carbonyl (C=O) groups is 1. The first-order valence-electron chi connectivity index (χ1n) is 5.61. The molecule has 0 spiro atoms. The van der Waals surface area contributed by atoms with Crippen LogP contribution in [0.2, 0.25) is 0 Å². The summed E-state index contributed by atoms with van der Waals surface area (Å²) in [5, 5.41) is 6.44. The van der Waals surface area contributed by atoms with Crippen LogP contribution in [0, 0.1) is 6.92 Å². The molecule has 2 rings (SSSR count). The molecule has 3 N–H and O–H groups in total. The lowest BCUT2D eigenvalue weighted by atomic mass is 10.3.